The van der Waals surface area contributed by atoms with Crippen molar-refractivity contribution in [1.82, 2.24) is 4.98 Å². The zero-order chi connectivity index (χ0) is 13.2. The second-order valence-electron chi connectivity index (χ2n) is 5.19. The Morgan fingerprint density at radius 3 is 2.17 bits per heavy atom. The minimum atomic E-state index is -1.81. The molecule has 0 aliphatic carbocycles. The molecule has 0 amide bonds. The van der Waals surface area contributed by atoms with E-state index in [4.69, 9.17) is 4.74 Å². The van der Waals surface area contributed by atoms with Gasteiger partial charge in [-0.25, -0.2) is 0 Å². The van der Waals surface area contributed by atoms with Crippen LogP contribution in [0.5, 0.6) is 11.6 Å². The summed E-state index contributed by atoms with van der Waals surface area (Å²) >= 11 is -1.81. The van der Waals surface area contributed by atoms with Crippen LogP contribution < -0.4 is 9.13 Å². The molecule has 2 rings (SSSR count). The molecule has 18 heavy (non-hydrogen) atoms. The molecular formula is C14H16FGeNO. The van der Waals surface area contributed by atoms with E-state index in [9.17, 15) is 4.39 Å². The quantitative estimate of drug-likeness (QED) is 0.809. The van der Waals surface area contributed by atoms with Crippen LogP contribution in [0.4, 0.5) is 4.39 Å². The fraction of sp³-hybridized carbons (Fsp3) is 0.214. The van der Waals surface area contributed by atoms with Crippen LogP contribution in [0.1, 0.15) is 0 Å². The Hall–Kier alpha value is -1.36. The molecule has 2 nitrogen and oxygen atoms in total. The number of hydrogen-bond donors (Lipinski definition) is 0. The Morgan fingerprint density at radius 2 is 1.67 bits per heavy atom. The molecule has 0 spiro atoms. The first-order valence-electron chi connectivity index (χ1n) is 5.85. The predicted octanol–water partition coefficient (Wildman–Crippen LogP) is 3.56. The van der Waals surface area contributed by atoms with Gasteiger partial charge in [-0.3, -0.25) is 0 Å². The summed E-state index contributed by atoms with van der Waals surface area (Å²) in [6.45, 7) is 0. The Morgan fingerprint density at radius 1 is 1.00 bits per heavy atom. The molecule has 0 bridgehead atoms. The first-order valence-corrected chi connectivity index (χ1v) is 13.2. The van der Waals surface area contributed by atoms with Gasteiger partial charge in [0.1, 0.15) is 0 Å². The summed E-state index contributed by atoms with van der Waals surface area (Å²) in [5.74, 6) is 7.81. The van der Waals surface area contributed by atoms with Crippen LogP contribution in [0.15, 0.2) is 42.6 Å². The molecular weight excluding hydrogens is 290 g/mol. The van der Waals surface area contributed by atoms with Gasteiger partial charge in [0.15, 0.2) is 0 Å². The van der Waals surface area contributed by atoms with Crippen molar-refractivity contribution in [3.63, 3.8) is 0 Å². The summed E-state index contributed by atoms with van der Waals surface area (Å²) in [6.07, 6.45) is 1.89. The Labute approximate surface area is 109 Å². The normalized spacial score (nSPS) is 11.3. The summed E-state index contributed by atoms with van der Waals surface area (Å²) in [4.78, 5) is 4.29. The maximum atomic E-state index is 12.7. The molecule has 4 heteroatoms. The van der Waals surface area contributed by atoms with Gasteiger partial charge >= 0.3 is 109 Å². The first-order chi connectivity index (χ1) is 8.45. The Bertz CT molecular complexity index is 517. The number of aromatic nitrogens is 1. The minimum absolute atomic E-state index is 0.272. The molecule has 1 heterocycles. The standard InChI is InChI=1S/C14H16FGeNO/c1-16(2,3)12-6-9-14(17-10-12)18-13-7-4-11(15)5-8-13/h4-10H,1-3H3. The Balaban J connectivity index is 2.13. The second kappa shape index (κ2) is 5.10. The predicted molar refractivity (Wildman–Crippen MR) is 73.7 cm³/mol. The van der Waals surface area contributed by atoms with Gasteiger partial charge in [-0.1, -0.05) is 0 Å². The molecule has 0 unspecified atom stereocenters. The number of halogens is 1. The van der Waals surface area contributed by atoms with Gasteiger partial charge in [-0.15, -0.1) is 0 Å². The van der Waals surface area contributed by atoms with E-state index in [1.54, 1.807) is 12.1 Å². The molecule has 1 aromatic heterocycles. The summed E-state index contributed by atoms with van der Waals surface area (Å²) in [7, 11) is 0. The van der Waals surface area contributed by atoms with Crippen LogP contribution in [0.25, 0.3) is 0 Å². The van der Waals surface area contributed by atoms with Crippen LogP contribution in [-0.4, -0.2) is 18.3 Å². The average Bonchev–Trinajstić information content (AvgIpc) is 2.32. The van der Waals surface area contributed by atoms with Crippen LogP contribution in [0.2, 0.25) is 17.3 Å². The third-order valence-corrected chi connectivity index (χ3v) is 6.89. The van der Waals surface area contributed by atoms with E-state index >= 15 is 0 Å². The van der Waals surface area contributed by atoms with Crippen LogP contribution in [0, 0.1) is 5.82 Å². The Kier molecular flexibility index (Phi) is 3.71. The number of nitrogens with zero attached hydrogens (tertiary/aromatic N) is 1. The van der Waals surface area contributed by atoms with Crippen molar-refractivity contribution in [2.75, 3.05) is 0 Å². The molecule has 2 aromatic rings. The van der Waals surface area contributed by atoms with Crippen LogP contribution in [-0.2, 0) is 0 Å². The topological polar surface area (TPSA) is 22.1 Å². The number of rotatable bonds is 3. The van der Waals surface area contributed by atoms with E-state index in [2.05, 4.69) is 28.3 Å². The number of ether oxygens (including phenoxy) is 1. The van der Waals surface area contributed by atoms with Crippen LogP contribution >= 0.6 is 0 Å². The molecule has 0 N–H and O–H groups in total. The van der Waals surface area contributed by atoms with E-state index < -0.39 is 13.3 Å². The van der Waals surface area contributed by atoms with E-state index in [0.29, 0.717) is 11.6 Å². The summed E-state index contributed by atoms with van der Waals surface area (Å²) in [5, 5.41) is 0. The van der Waals surface area contributed by atoms with Crippen molar-refractivity contribution in [3.05, 3.63) is 48.4 Å². The third-order valence-electron chi connectivity index (χ3n) is 2.64. The van der Waals surface area contributed by atoms with E-state index in [0.717, 1.165) is 0 Å². The molecule has 0 aliphatic heterocycles. The van der Waals surface area contributed by atoms with Crippen LogP contribution in [0.3, 0.4) is 0 Å². The van der Waals surface area contributed by atoms with Gasteiger partial charge in [0.05, 0.1) is 0 Å². The zero-order valence-corrected chi connectivity index (χ0v) is 12.9. The molecule has 94 valence electrons. The summed E-state index contributed by atoms with van der Waals surface area (Å²) < 4.78 is 19.6. The zero-order valence-electron chi connectivity index (χ0n) is 10.8. The molecule has 0 saturated heterocycles. The van der Waals surface area contributed by atoms with Crippen molar-refractivity contribution in [2.24, 2.45) is 0 Å². The number of benzene rings is 1. The van der Waals surface area contributed by atoms with Crippen molar-refractivity contribution in [1.29, 1.82) is 0 Å². The first kappa shape index (κ1) is 13.1. The van der Waals surface area contributed by atoms with Gasteiger partial charge in [0, 0.05) is 0 Å². The third kappa shape index (κ3) is 3.32. The number of pyridine rings is 1. The average molecular weight is 306 g/mol. The SMILES string of the molecule is [CH3][Ge]([CH3])([CH3])[c]1ccc(Oc2ccc(F)cc2)nc1. The van der Waals surface area contributed by atoms with E-state index in [1.165, 1.54) is 16.5 Å². The van der Waals surface area contributed by atoms with Gasteiger partial charge in [0.25, 0.3) is 0 Å². The second-order valence-corrected chi connectivity index (χ2v) is 15.8. The van der Waals surface area contributed by atoms with Gasteiger partial charge in [-0.2, -0.15) is 0 Å². The van der Waals surface area contributed by atoms with Crippen molar-refractivity contribution >= 4 is 17.7 Å². The van der Waals surface area contributed by atoms with Crippen molar-refractivity contribution in [3.8, 4) is 11.6 Å². The maximum absolute atomic E-state index is 12.7. The van der Waals surface area contributed by atoms with Crippen molar-refractivity contribution in [2.45, 2.75) is 17.3 Å². The molecule has 0 fully saturated rings. The van der Waals surface area contributed by atoms with Gasteiger partial charge in [-0.05, 0) is 0 Å². The molecule has 0 radical (unpaired) electrons. The summed E-state index contributed by atoms with van der Waals surface area (Å²) in [6, 6.07) is 9.86. The fourth-order valence-electron chi connectivity index (χ4n) is 1.51. The van der Waals surface area contributed by atoms with E-state index in [-0.39, 0.29) is 5.82 Å². The van der Waals surface area contributed by atoms with E-state index in [1.807, 2.05) is 12.3 Å². The van der Waals surface area contributed by atoms with Gasteiger partial charge < -0.3 is 0 Å². The molecule has 0 saturated carbocycles. The monoisotopic (exact) mass is 307 g/mol. The summed E-state index contributed by atoms with van der Waals surface area (Å²) in [5.41, 5.74) is 0. The molecule has 0 atom stereocenters. The molecule has 0 aliphatic rings. The van der Waals surface area contributed by atoms with Crippen molar-refractivity contribution < 1.29 is 9.13 Å². The van der Waals surface area contributed by atoms with Gasteiger partial charge in [0.2, 0.25) is 0 Å². The number of hydrogen-bond acceptors (Lipinski definition) is 2. The molecule has 1 aromatic carbocycles. The fourth-order valence-corrected chi connectivity index (χ4v) is 3.68.